The fraction of sp³-hybridized carbons (Fsp3) is 0.154. The minimum atomic E-state index is -0.832. The minimum absolute atomic E-state index is 0.228. The van der Waals surface area contributed by atoms with Gasteiger partial charge in [-0.05, 0) is 16.8 Å². The van der Waals surface area contributed by atoms with E-state index in [-0.39, 0.29) is 12.4 Å². The van der Waals surface area contributed by atoms with Crippen LogP contribution in [0.1, 0.15) is 10.4 Å². The number of fused-ring (bicyclic) bond motifs is 1. The highest BCUT2D eigenvalue weighted by molar-refractivity contribution is 6.03. The molecule has 2 rings (SSSR count). The second-order valence-corrected chi connectivity index (χ2v) is 3.72. The van der Waals surface area contributed by atoms with E-state index in [1.165, 1.54) is 0 Å². The predicted octanol–water partition coefficient (Wildman–Crippen LogP) is 1.34. The molecule has 2 aromatic rings. The van der Waals surface area contributed by atoms with Crippen LogP contribution in [-0.4, -0.2) is 23.5 Å². The summed E-state index contributed by atoms with van der Waals surface area (Å²) < 4.78 is 0. The monoisotopic (exact) mass is 215 g/mol. The van der Waals surface area contributed by atoms with Crippen LogP contribution < -0.4 is 5.73 Å². The maximum absolute atomic E-state index is 11.7. The van der Waals surface area contributed by atoms with E-state index in [0.29, 0.717) is 5.56 Å². The molecule has 3 nitrogen and oxygen atoms in total. The van der Waals surface area contributed by atoms with Crippen molar-refractivity contribution in [3.63, 3.8) is 0 Å². The number of benzene rings is 2. The summed E-state index contributed by atoms with van der Waals surface area (Å²) in [6, 6.07) is 12.4. The van der Waals surface area contributed by atoms with Crippen LogP contribution in [0.15, 0.2) is 42.5 Å². The molecular formula is C13H13NO2. The Bertz CT molecular complexity index is 522. The molecule has 2 aromatic carbocycles. The highest BCUT2D eigenvalue weighted by Crippen LogP contribution is 2.16. The minimum Gasteiger partial charge on any atom is -0.394 e. The standard InChI is InChI=1S/C13H13NO2/c14-12(8-15)13(16)11-6-5-9-3-1-2-4-10(9)7-11/h1-7,12,15H,8,14H2. The molecule has 0 aromatic heterocycles. The lowest BCUT2D eigenvalue weighted by Crippen LogP contribution is -2.33. The lowest BCUT2D eigenvalue weighted by molar-refractivity contribution is 0.0925. The summed E-state index contributed by atoms with van der Waals surface area (Å²) in [5.41, 5.74) is 6.03. The Morgan fingerprint density at radius 2 is 1.88 bits per heavy atom. The van der Waals surface area contributed by atoms with Crippen LogP contribution in [0.25, 0.3) is 10.8 Å². The number of aliphatic hydroxyl groups excluding tert-OH is 1. The molecule has 82 valence electrons. The van der Waals surface area contributed by atoms with Crippen molar-refractivity contribution in [3.8, 4) is 0 Å². The predicted molar refractivity (Wildman–Crippen MR) is 63.3 cm³/mol. The molecule has 1 atom stereocenters. The first-order chi connectivity index (χ1) is 7.72. The lowest BCUT2D eigenvalue weighted by atomic mass is 10.0. The van der Waals surface area contributed by atoms with E-state index in [2.05, 4.69) is 0 Å². The van der Waals surface area contributed by atoms with Crippen molar-refractivity contribution in [3.05, 3.63) is 48.0 Å². The van der Waals surface area contributed by atoms with E-state index in [4.69, 9.17) is 10.8 Å². The van der Waals surface area contributed by atoms with Gasteiger partial charge in [-0.3, -0.25) is 4.79 Å². The Morgan fingerprint density at radius 3 is 2.56 bits per heavy atom. The van der Waals surface area contributed by atoms with Gasteiger partial charge < -0.3 is 10.8 Å². The van der Waals surface area contributed by atoms with Gasteiger partial charge in [-0.15, -0.1) is 0 Å². The fourth-order valence-corrected chi connectivity index (χ4v) is 1.64. The average molecular weight is 215 g/mol. The van der Waals surface area contributed by atoms with Crippen LogP contribution in [0.5, 0.6) is 0 Å². The number of hydrogen-bond donors (Lipinski definition) is 2. The molecule has 3 N–H and O–H groups in total. The smallest absolute Gasteiger partial charge is 0.181 e. The molecule has 0 fully saturated rings. The number of aliphatic hydroxyl groups is 1. The topological polar surface area (TPSA) is 63.3 Å². The van der Waals surface area contributed by atoms with Gasteiger partial charge >= 0.3 is 0 Å². The first-order valence-electron chi connectivity index (χ1n) is 5.12. The molecule has 0 saturated heterocycles. The number of ketones is 1. The van der Waals surface area contributed by atoms with Crippen molar-refractivity contribution in [2.45, 2.75) is 6.04 Å². The van der Waals surface area contributed by atoms with Gasteiger partial charge in [0.15, 0.2) is 5.78 Å². The zero-order valence-electron chi connectivity index (χ0n) is 8.76. The Morgan fingerprint density at radius 1 is 1.19 bits per heavy atom. The van der Waals surface area contributed by atoms with Crippen LogP contribution in [0.3, 0.4) is 0 Å². The fourth-order valence-electron chi connectivity index (χ4n) is 1.64. The largest absolute Gasteiger partial charge is 0.394 e. The van der Waals surface area contributed by atoms with Crippen LogP contribution in [-0.2, 0) is 0 Å². The number of Topliss-reactive ketones (excluding diaryl/α,β-unsaturated/α-hetero) is 1. The van der Waals surface area contributed by atoms with Gasteiger partial charge in [0.1, 0.15) is 0 Å². The SMILES string of the molecule is NC(CO)C(=O)c1ccc2ccccc2c1. The second-order valence-electron chi connectivity index (χ2n) is 3.72. The summed E-state index contributed by atoms with van der Waals surface area (Å²) in [5, 5.41) is 10.9. The van der Waals surface area contributed by atoms with Crippen LogP contribution >= 0.6 is 0 Å². The maximum atomic E-state index is 11.7. The number of carbonyl (C=O) groups excluding carboxylic acids is 1. The van der Waals surface area contributed by atoms with Crippen molar-refractivity contribution < 1.29 is 9.90 Å². The maximum Gasteiger partial charge on any atom is 0.181 e. The molecule has 0 radical (unpaired) electrons. The first kappa shape index (κ1) is 10.8. The Balaban J connectivity index is 2.43. The number of rotatable bonds is 3. The normalized spacial score (nSPS) is 12.6. The molecule has 1 unspecified atom stereocenters. The summed E-state index contributed by atoms with van der Waals surface area (Å²) in [5.74, 6) is -0.228. The summed E-state index contributed by atoms with van der Waals surface area (Å²) in [6.45, 7) is -0.328. The Kier molecular flexibility index (Phi) is 2.99. The number of nitrogens with two attached hydrogens (primary N) is 1. The highest BCUT2D eigenvalue weighted by atomic mass is 16.3. The molecular weight excluding hydrogens is 202 g/mol. The number of carbonyl (C=O) groups is 1. The van der Waals surface area contributed by atoms with Crippen LogP contribution in [0.2, 0.25) is 0 Å². The van der Waals surface area contributed by atoms with Crippen molar-refractivity contribution in [2.75, 3.05) is 6.61 Å². The van der Waals surface area contributed by atoms with Crippen LogP contribution in [0.4, 0.5) is 0 Å². The third kappa shape index (κ3) is 1.96. The lowest BCUT2D eigenvalue weighted by Gasteiger charge is -2.07. The molecule has 0 heterocycles. The molecule has 3 heteroatoms. The van der Waals surface area contributed by atoms with Gasteiger partial charge in [-0.1, -0.05) is 36.4 Å². The van der Waals surface area contributed by atoms with E-state index in [9.17, 15) is 4.79 Å². The molecule has 0 aliphatic heterocycles. The van der Waals surface area contributed by atoms with E-state index in [1.807, 2.05) is 30.3 Å². The highest BCUT2D eigenvalue weighted by Gasteiger charge is 2.14. The van der Waals surface area contributed by atoms with E-state index < -0.39 is 6.04 Å². The van der Waals surface area contributed by atoms with E-state index >= 15 is 0 Å². The van der Waals surface area contributed by atoms with Gasteiger partial charge in [0.25, 0.3) is 0 Å². The zero-order valence-corrected chi connectivity index (χ0v) is 8.76. The number of hydrogen-bond acceptors (Lipinski definition) is 3. The Labute approximate surface area is 93.5 Å². The third-order valence-electron chi connectivity index (χ3n) is 2.57. The molecule has 0 spiro atoms. The Hall–Kier alpha value is -1.71. The van der Waals surface area contributed by atoms with Crippen molar-refractivity contribution in [2.24, 2.45) is 5.73 Å². The average Bonchev–Trinajstić information content (AvgIpc) is 2.36. The van der Waals surface area contributed by atoms with Gasteiger partial charge in [-0.25, -0.2) is 0 Å². The van der Waals surface area contributed by atoms with Gasteiger partial charge in [0.2, 0.25) is 0 Å². The van der Waals surface area contributed by atoms with E-state index in [1.54, 1.807) is 12.1 Å². The zero-order chi connectivity index (χ0) is 11.5. The summed E-state index contributed by atoms with van der Waals surface area (Å²) in [6.07, 6.45) is 0. The van der Waals surface area contributed by atoms with Gasteiger partial charge in [0, 0.05) is 5.56 Å². The molecule has 16 heavy (non-hydrogen) atoms. The molecule has 0 saturated carbocycles. The van der Waals surface area contributed by atoms with Gasteiger partial charge in [0.05, 0.1) is 12.6 Å². The van der Waals surface area contributed by atoms with Gasteiger partial charge in [-0.2, -0.15) is 0 Å². The molecule has 0 aliphatic rings. The van der Waals surface area contributed by atoms with Crippen molar-refractivity contribution >= 4 is 16.6 Å². The van der Waals surface area contributed by atoms with Crippen LogP contribution in [0, 0.1) is 0 Å². The molecule has 0 bridgehead atoms. The summed E-state index contributed by atoms with van der Waals surface area (Å²) >= 11 is 0. The summed E-state index contributed by atoms with van der Waals surface area (Å²) in [4.78, 5) is 11.7. The third-order valence-corrected chi connectivity index (χ3v) is 2.57. The summed E-state index contributed by atoms with van der Waals surface area (Å²) in [7, 11) is 0. The quantitative estimate of drug-likeness (QED) is 0.759. The molecule has 0 amide bonds. The van der Waals surface area contributed by atoms with E-state index in [0.717, 1.165) is 10.8 Å². The van der Waals surface area contributed by atoms with Crippen molar-refractivity contribution in [1.29, 1.82) is 0 Å². The molecule has 0 aliphatic carbocycles. The first-order valence-corrected chi connectivity index (χ1v) is 5.12. The van der Waals surface area contributed by atoms with Crippen molar-refractivity contribution in [1.82, 2.24) is 0 Å². The second kappa shape index (κ2) is 4.43.